The van der Waals surface area contributed by atoms with Crippen molar-refractivity contribution in [3.05, 3.63) is 35.9 Å². The zero-order valence-electron chi connectivity index (χ0n) is 18.4. The lowest BCUT2D eigenvalue weighted by Crippen LogP contribution is -2.63. The number of nitrogens with one attached hydrogen (secondary N) is 1. The summed E-state index contributed by atoms with van der Waals surface area (Å²) in [6.45, 7) is 3.05. The topological polar surface area (TPSA) is 67.9 Å². The molecule has 6 heteroatoms. The number of rotatable bonds is 6. The van der Waals surface area contributed by atoms with Crippen molar-refractivity contribution in [1.82, 2.24) is 10.2 Å². The van der Waals surface area contributed by atoms with E-state index in [1.807, 2.05) is 6.07 Å². The molecule has 0 radical (unpaired) electrons. The van der Waals surface area contributed by atoms with E-state index in [9.17, 15) is 9.59 Å². The van der Waals surface area contributed by atoms with Crippen molar-refractivity contribution in [3.8, 4) is 0 Å². The largest absolute Gasteiger partial charge is 0.469 e. The van der Waals surface area contributed by atoms with Crippen LogP contribution in [0.3, 0.4) is 0 Å². The Bertz CT molecular complexity index is 797. The van der Waals surface area contributed by atoms with E-state index in [1.54, 1.807) is 0 Å². The number of benzene rings is 1. The molecule has 4 aliphatic carbocycles. The van der Waals surface area contributed by atoms with Crippen LogP contribution in [0.2, 0.25) is 0 Å². The first-order chi connectivity index (χ1) is 15.1. The van der Waals surface area contributed by atoms with Crippen LogP contribution < -0.4 is 5.32 Å². The van der Waals surface area contributed by atoms with E-state index < -0.39 is 6.10 Å². The zero-order chi connectivity index (χ0) is 21.4. The van der Waals surface area contributed by atoms with E-state index in [4.69, 9.17) is 9.47 Å². The van der Waals surface area contributed by atoms with E-state index in [-0.39, 0.29) is 23.3 Å². The molecule has 0 aromatic heterocycles. The van der Waals surface area contributed by atoms with Gasteiger partial charge in [0, 0.05) is 25.7 Å². The molecule has 2 unspecified atom stereocenters. The Morgan fingerprint density at radius 1 is 1.16 bits per heavy atom. The van der Waals surface area contributed by atoms with Crippen molar-refractivity contribution in [3.63, 3.8) is 0 Å². The Balaban J connectivity index is 1.17. The van der Waals surface area contributed by atoms with Crippen molar-refractivity contribution in [2.24, 2.45) is 23.2 Å². The standard InChI is InChI=1S/C25H34N2O4/c1-30-24(29)25-13-18-11-19(14-25)22(20(12-18)15-25)26-23(28)21-16-27(9-10-31-21)8-7-17-5-3-2-4-6-17/h2-6,18-22H,7-16H2,1H3,(H,26,28)/t18?,19?,20?,21-,22?,25?/m1/s1. The van der Waals surface area contributed by atoms with E-state index in [0.29, 0.717) is 30.9 Å². The second kappa shape index (κ2) is 8.55. The number of hydrogen-bond donors (Lipinski definition) is 1. The average Bonchev–Trinajstić information content (AvgIpc) is 2.80. The first-order valence-electron chi connectivity index (χ1n) is 11.8. The van der Waals surface area contributed by atoms with Crippen LogP contribution in [0.1, 0.15) is 37.7 Å². The minimum Gasteiger partial charge on any atom is -0.469 e. The lowest BCUT2D eigenvalue weighted by Gasteiger charge is -2.58. The molecule has 1 heterocycles. The number of nitrogens with zero attached hydrogens (tertiary/aromatic N) is 1. The Morgan fingerprint density at radius 3 is 2.61 bits per heavy atom. The third-order valence-corrected chi connectivity index (χ3v) is 8.20. The summed E-state index contributed by atoms with van der Waals surface area (Å²) >= 11 is 0. The second-order valence-corrected chi connectivity index (χ2v) is 10.2. The number of hydrogen-bond acceptors (Lipinski definition) is 5. The Labute approximate surface area is 184 Å². The van der Waals surface area contributed by atoms with E-state index >= 15 is 0 Å². The fourth-order valence-electron chi connectivity index (χ4n) is 6.98. The quantitative estimate of drug-likeness (QED) is 0.708. The zero-order valence-corrected chi connectivity index (χ0v) is 18.4. The highest BCUT2D eigenvalue weighted by molar-refractivity contribution is 5.82. The number of esters is 1. The summed E-state index contributed by atoms with van der Waals surface area (Å²) in [6.07, 6.45) is 5.49. The van der Waals surface area contributed by atoms with Crippen LogP contribution in [-0.4, -0.2) is 62.3 Å². The van der Waals surface area contributed by atoms with E-state index in [1.165, 1.54) is 12.7 Å². The van der Waals surface area contributed by atoms with Crippen LogP contribution >= 0.6 is 0 Å². The molecule has 1 aromatic carbocycles. The lowest BCUT2D eigenvalue weighted by atomic mass is 9.48. The summed E-state index contributed by atoms with van der Waals surface area (Å²) in [4.78, 5) is 28.0. The molecule has 6 rings (SSSR count). The summed E-state index contributed by atoms with van der Waals surface area (Å²) in [5.41, 5.74) is 1.02. The fraction of sp³-hybridized carbons (Fsp3) is 0.680. The number of ether oxygens (including phenoxy) is 2. The number of carbonyl (C=O) groups is 2. The van der Waals surface area contributed by atoms with Crippen molar-refractivity contribution in [2.45, 2.75) is 50.7 Å². The average molecular weight is 427 g/mol. The smallest absolute Gasteiger partial charge is 0.311 e. The van der Waals surface area contributed by atoms with Gasteiger partial charge in [0.05, 0.1) is 19.1 Å². The van der Waals surface area contributed by atoms with Crippen LogP contribution in [-0.2, 0) is 25.5 Å². The first-order valence-corrected chi connectivity index (χ1v) is 11.8. The molecule has 5 fully saturated rings. The maximum Gasteiger partial charge on any atom is 0.311 e. The Hall–Kier alpha value is -1.92. The van der Waals surface area contributed by atoms with Crippen LogP contribution in [0.25, 0.3) is 0 Å². The van der Waals surface area contributed by atoms with Crippen LogP contribution in [0.5, 0.6) is 0 Å². The lowest BCUT2D eigenvalue weighted by molar-refractivity contribution is -0.172. The van der Waals surface area contributed by atoms with Crippen LogP contribution in [0.15, 0.2) is 30.3 Å². The molecule has 5 aliphatic rings. The van der Waals surface area contributed by atoms with Gasteiger partial charge in [-0.1, -0.05) is 30.3 Å². The van der Waals surface area contributed by atoms with Gasteiger partial charge in [0.25, 0.3) is 5.91 Å². The van der Waals surface area contributed by atoms with Gasteiger partial charge in [-0.05, 0) is 61.8 Å². The molecule has 1 N–H and O–H groups in total. The Kier molecular flexibility index (Phi) is 5.78. The molecule has 4 bridgehead atoms. The molecule has 3 atom stereocenters. The van der Waals surface area contributed by atoms with Crippen LogP contribution in [0.4, 0.5) is 0 Å². The molecular formula is C25H34N2O4. The predicted octanol–water partition coefficient (Wildman–Crippen LogP) is 2.41. The van der Waals surface area contributed by atoms with Gasteiger partial charge < -0.3 is 14.8 Å². The minimum absolute atomic E-state index is 0.0222. The van der Waals surface area contributed by atoms with Crippen molar-refractivity contribution in [2.75, 3.05) is 33.4 Å². The SMILES string of the molecule is COC(=O)C12CC3CC(C1)C(NC(=O)[C@H]1CN(CCc4ccccc4)CCO1)C(C3)C2. The highest BCUT2D eigenvalue weighted by atomic mass is 16.5. The molecule has 6 nitrogen and oxygen atoms in total. The van der Waals surface area contributed by atoms with Gasteiger partial charge in [0.15, 0.2) is 0 Å². The molecule has 0 spiro atoms. The van der Waals surface area contributed by atoms with Crippen molar-refractivity contribution >= 4 is 11.9 Å². The molecule has 1 aliphatic heterocycles. The maximum absolute atomic E-state index is 13.1. The maximum atomic E-state index is 13.1. The highest BCUT2D eigenvalue weighted by Crippen LogP contribution is 2.60. The minimum atomic E-state index is -0.406. The number of carbonyl (C=O) groups excluding carboxylic acids is 2. The van der Waals surface area contributed by atoms with Gasteiger partial charge in [-0.2, -0.15) is 0 Å². The summed E-state index contributed by atoms with van der Waals surface area (Å²) < 4.78 is 11.0. The summed E-state index contributed by atoms with van der Waals surface area (Å²) in [5, 5.41) is 3.36. The van der Waals surface area contributed by atoms with Gasteiger partial charge in [0.2, 0.25) is 0 Å². The predicted molar refractivity (Wildman–Crippen MR) is 116 cm³/mol. The van der Waals surface area contributed by atoms with Gasteiger partial charge >= 0.3 is 5.97 Å². The third kappa shape index (κ3) is 4.12. The van der Waals surface area contributed by atoms with Crippen LogP contribution in [0, 0.1) is 23.2 Å². The molecule has 4 saturated carbocycles. The number of morpholine rings is 1. The number of methoxy groups -OCH3 is 1. The molecular weight excluding hydrogens is 392 g/mol. The van der Waals surface area contributed by atoms with Crippen molar-refractivity contribution < 1.29 is 19.1 Å². The third-order valence-electron chi connectivity index (χ3n) is 8.20. The summed E-state index contributed by atoms with van der Waals surface area (Å²) in [7, 11) is 1.50. The molecule has 1 aromatic rings. The van der Waals surface area contributed by atoms with Gasteiger partial charge in [0.1, 0.15) is 6.10 Å². The number of amides is 1. The fourth-order valence-corrected chi connectivity index (χ4v) is 6.98. The van der Waals surface area contributed by atoms with Gasteiger partial charge in [-0.15, -0.1) is 0 Å². The molecule has 1 amide bonds. The monoisotopic (exact) mass is 426 g/mol. The van der Waals surface area contributed by atoms with E-state index in [2.05, 4.69) is 34.5 Å². The summed E-state index contributed by atoms with van der Waals surface area (Å²) in [5.74, 6) is 1.35. The second-order valence-electron chi connectivity index (χ2n) is 10.2. The summed E-state index contributed by atoms with van der Waals surface area (Å²) in [6, 6.07) is 10.6. The normalized spacial score (nSPS) is 36.9. The molecule has 1 saturated heterocycles. The Morgan fingerprint density at radius 2 is 1.90 bits per heavy atom. The van der Waals surface area contributed by atoms with Gasteiger partial charge in [-0.25, -0.2) is 0 Å². The first kappa shape index (κ1) is 21.0. The van der Waals surface area contributed by atoms with Crippen molar-refractivity contribution in [1.29, 1.82) is 0 Å². The van der Waals surface area contributed by atoms with Gasteiger partial charge in [-0.3, -0.25) is 14.5 Å². The molecule has 168 valence electrons. The highest BCUT2D eigenvalue weighted by Gasteiger charge is 2.59. The van der Waals surface area contributed by atoms with E-state index in [0.717, 1.165) is 51.6 Å². The molecule has 31 heavy (non-hydrogen) atoms.